The number of halogens is 2. The highest BCUT2D eigenvalue weighted by molar-refractivity contribution is 7.98. The van der Waals surface area contributed by atoms with Crippen LogP contribution in [0.3, 0.4) is 0 Å². The number of amides is 1. The van der Waals surface area contributed by atoms with Crippen molar-refractivity contribution in [3.63, 3.8) is 0 Å². The maximum atomic E-state index is 13.2. The number of carboxylic acids is 1. The van der Waals surface area contributed by atoms with Crippen molar-refractivity contribution in [2.75, 3.05) is 18.6 Å². The van der Waals surface area contributed by atoms with E-state index in [1.807, 2.05) is 6.26 Å². The van der Waals surface area contributed by atoms with Gasteiger partial charge in [0.2, 0.25) is 5.91 Å². The van der Waals surface area contributed by atoms with E-state index in [-0.39, 0.29) is 25.4 Å². The molecule has 0 saturated heterocycles. The molecular formula is C15H19F2NO3S. The molecule has 4 nitrogen and oxygen atoms in total. The molecule has 1 aromatic rings. The molecule has 0 spiro atoms. The van der Waals surface area contributed by atoms with Gasteiger partial charge in [-0.2, -0.15) is 11.8 Å². The van der Waals surface area contributed by atoms with E-state index in [0.717, 1.165) is 17.9 Å². The van der Waals surface area contributed by atoms with Crippen LogP contribution < -0.4 is 0 Å². The van der Waals surface area contributed by atoms with E-state index in [1.165, 1.54) is 11.0 Å². The second-order valence-corrected chi connectivity index (χ2v) is 5.79. The molecule has 0 aromatic heterocycles. The first kappa shape index (κ1) is 18.4. The van der Waals surface area contributed by atoms with Crippen LogP contribution in [0, 0.1) is 11.6 Å². The molecule has 1 amide bonds. The SMILES string of the molecule is CSCCCC(=O)N(CCC(=O)O)Cc1ccc(F)c(F)c1. The van der Waals surface area contributed by atoms with Gasteiger partial charge in [-0.25, -0.2) is 8.78 Å². The zero-order valence-corrected chi connectivity index (χ0v) is 13.2. The van der Waals surface area contributed by atoms with Crippen molar-refractivity contribution in [3.05, 3.63) is 35.4 Å². The van der Waals surface area contributed by atoms with Crippen molar-refractivity contribution in [1.82, 2.24) is 4.90 Å². The monoisotopic (exact) mass is 331 g/mol. The number of thioether (sulfide) groups is 1. The van der Waals surface area contributed by atoms with Crippen molar-refractivity contribution in [1.29, 1.82) is 0 Å². The minimum atomic E-state index is -1.01. The number of hydrogen-bond donors (Lipinski definition) is 1. The molecule has 1 aromatic carbocycles. The summed E-state index contributed by atoms with van der Waals surface area (Å²) < 4.78 is 26.1. The zero-order valence-electron chi connectivity index (χ0n) is 12.3. The largest absolute Gasteiger partial charge is 0.481 e. The molecule has 0 radical (unpaired) electrons. The summed E-state index contributed by atoms with van der Waals surface area (Å²) in [5.41, 5.74) is 0.433. The predicted molar refractivity (Wildman–Crippen MR) is 81.6 cm³/mol. The lowest BCUT2D eigenvalue weighted by Crippen LogP contribution is -2.32. The van der Waals surface area contributed by atoms with Gasteiger partial charge >= 0.3 is 5.97 Å². The summed E-state index contributed by atoms with van der Waals surface area (Å²) >= 11 is 1.63. The van der Waals surface area contributed by atoms with Crippen molar-refractivity contribution in [2.24, 2.45) is 0 Å². The van der Waals surface area contributed by atoms with E-state index in [9.17, 15) is 18.4 Å². The molecule has 0 heterocycles. The van der Waals surface area contributed by atoms with Gasteiger partial charge in [0.25, 0.3) is 0 Å². The normalized spacial score (nSPS) is 10.5. The molecular weight excluding hydrogens is 312 g/mol. The fourth-order valence-corrected chi connectivity index (χ4v) is 2.34. The summed E-state index contributed by atoms with van der Waals surface area (Å²) in [6.07, 6.45) is 2.76. The Labute approximate surface area is 132 Å². The summed E-state index contributed by atoms with van der Waals surface area (Å²) in [5.74, 6) is -2.28. The molecule has 1 rings (SSSR count). The average Bonchev–Trinajstić information content (AvgIpc) is 2.47. The zero-order chi connectivity index (χ0) is 16.5. The molecule has 22 heavy (non-hydrogen) atoms. The summed E-state index contributed by atoms with van der Waals surface area (Å²) in [5, 5.41) is 8.75. The van der Waals surface area contributed by atoms with Gasteiger partial charge in [-0.1, -0.05) is 6.07 Å². The van der Waals surface area contributed by atoms with E-state index in [0.29, 0.717) is 18.4 Å². The van der Waals surface area contributed by atoms with E-state index >= 15 is 0 Å². The third-order valence-electron chi connectivity index (χ3n) is 3.04. The van der Waals surface area contributed by atoms with Gasteiger partial charge in [0, 0.05) is 19.5 Å². The van der Waals surface area contributed by atoms with Gasteiger partial charge in [0.15, 0.2) is 11.6 Å². The second-order valence-electron chi connectivity index (χ2n) is 4.80. The highest BCUT2D eigenvalue weighted by Crippen LogP contribution is 2.13. The maximum absolute atomic E-state index is 13.2. The second kappa shape index (κ2) is 9.40. The average molecular weight is 331 g/mol. The molecule has 1 N–H and O–H groups in total. The third kappa shape index (κ3) is 6.43. The Bertz CT molecular complexity index is 526. The van der Waals surface area contributed by atoms with E-state index in [2.05, 4.69) is 0 Å². The van der Waals surface area contributed by atoms with Crippen LogP contribution >= 0.6 is 11.8 Å². The fourth-order valence-electron chi connectivity index (χ4n) is 1.91. The van der Waals surface area contributed by atoms with Crippen molar-refractivity contribution >= 4 is 23.6 Å². The van der Waals surface area contributed by atoms with Gasteiger partial charge in [-0.05, 0) is 36.1 Å². The van der Waals surface area contributed by atoms with Gasteiger partial charge in [0.1, 0.15) is 0 Å². The molecule has 0 saturated carbocycles. The topological polar surface area (TPSA) is 57.6 Å². The number of hydrogen-bond acceptors (Lipinski definition) is 3. The Balaban J connectivity index is 2.73. The Hall–Kier alpha value is -1.63. The predicted octanol–water partition coefficient (Wildman–Crippen LogP) is 2.91. The van der Waals surface area contributed by atoms with Crippen LogP contribution in [0.2, 0.25) is 0 Å². The first-order chi connectivity index (χ1) is 10.4. The highest BCUT2D eigenvalue weighted by atomic mass is 32.2. The Kier molecular flexibility index (Phi) is 7.87. The van der Waals surface area contributed by atoms with Gasteiger partial charge < -0.3 is 10.0 Å². The Morgan fingerprint density at radius 3 is 2.55 bits per heavy atom. The summed E-state index contributed by atoms with van der Waals surface area (Å²) in [4.78, 5) is 24.2. The number of benzene rings is 1. The molecule has 0 bridgehead atoms. The van der Waals surface area contributed by atoms with E-state index in [4.69, 9.17) is 5.11 Å². The molecule has 0 atom stereocenters. The molecule has 7 heteroatoms. The molecule has 0 aliphatic rings. The Morgan fingerprint density at radius 1 is 1.23 bits per heavy atom. The molecule has 0 aliphatic carbocycles. The van der Waals surface area contributed by atoms with Crippen LogP contribution in [0.25, 0.3) is 0 Å². The smallest absolute Gasteiger partial charge is 0.305 e. The molecule has 122 valence electrons. The van der Waals surface area contributed by atoms with Gasteiger partial charge in [-0.3, -0.25) is 9.59 Å². The number of nitrogens with zero attached hydrogens (tertiary/aromatic N) is 1. The van der Waals surface area contributed by atoms with Crippen molar-refractivity contribution in [2.45, 2.75) is 25.8 Å². The summed E-state index contributed by atoms with van der Waals surface area (Å²) in [7, 11) is 0. The van der Waals surface area contributed by atoms with Crippen LogP contribution in [0.1, 0.15) is 24.8 Å². The lowest BCUT2D eigenvalue weighted by atomic mass is 10.1. The van der Waals surface area contributed by atoms with Crippen LogP contribution in [0.5, 0.6) is 0 Å². The Morgan fingerprint density at radius 2 is 1.95 bits per heavy atom. The molecule has 0 unspecified atom stereocenters. The summed E-state index contributed by atoms with van der Waals surface area (Å²) in [6, 6.07) is 3.41. The van der Waals surface area contributed by atoms with Gasteiger partial charge in [-0.15, -0.1) is 0 Å². The van der Waals surface area contributed by atoms with Gasteiger partial charge in [0.05, 0.1) is 6.42 Å². The standard InChI is InChI=1S/C15H19F2NO3S/c1-22-8-2-3-14(19)18(7-6-15(20)21)10-11-4-5-12(16)13(17)9-11/h4-5,9H,2-3,6-8,10H2,1H3,(H,20,21). The van der Waals surface area contributed by atoms with Crippen LogP contribution in [0.4, 0.5) is 8.78 Å². The van der Waals surface area contributed by atoms with Crippen LogP contribution in [-0.4, -0.2) is 40.4 Å². The first-order valence-electron chi connectivity index (χ1n) is 6.86. The lowest BCUT2D eigenvalue weighted by Gasteiger charge is -2.22. The first-order valence-corrected chi connectivity index (χ1v) is 8.26. The van der Waals surface area contributed by atoms with Crippen molar-refractivity contribution in [3.8, 4) is 0 Å². The number of rotatable bonds is 9. The molecule has 0 fully saturated rings. The van der Waals surface area contributed by atoms with Crippen molar-refractivity contribution < 1.29 is 23.5 Å². The van der Waals surface area contributed by atoms with E-state index in [1.54, 1.807) is 11.8 Å². The van der Waals surface area contributed by atoms with E-state index < -0.39 is 17.6 Å². The highest BCUT2D eigenvalue weighted by Gasteiger charge is 2.16. The minimum absolute atomic E-state index is 0.0480. The fraction of sp³-hybridized carbons (Fsp3) is 0.467. The molecule has 0 aliphatic heterocycles. The van der Waals surface area contributed by atoms with Crippen LogP contribution in [-0.2, 0) is 16.1 Å². The number of carboxylic acid groups (broad SMARTS) is 1. The number of aliphatic carboxylic acids is 1. The summed E-state index contributed by atoms with van der Waals surface area (Å²) in [6.45, 7) is 0.120. The maximum Gasteiger partial charge on any atom is 0.305 e. The quantitative estimate of drug-likeness (QED) is 0.707. The number of carbonyl (C=O) groups excluding carboxylic acids is 1. The third-order valence-corrected chi connectivity index (χ3v) is 3.74. The number of carbonyl (C=O) groups is 2. The van der Waals surface area contributed by atoms with Crippen LogP contribution in [0.15, 0.2) is 18.2 Å². The lowest BCUT2D eigenvalue weighted by molar-refractivity contribution is -0.138. The minimum Gasteiger partial charge on any atom is -0.481 e.